The third kappa shape index (κ3) is 2.98. The average Bonchev–Trinajstić information content (AvgIpc) is 3.34. The Morgan fingerprint density at radius 3 is 2.48 bits per heavy atom. The lowest BCUT2D eigenvalue weighted by atomic mass is 9.89. The zero-order valence-corrected chi connectivity index (χ0v) is 15.0. The highest BCUT2D eigenvalue weighted by atomic mass is 16.5. The predicted octanol–water partition coefficient (Wildman–Crippen LogP) is 4.42. The number of rotatable bonds is 4. The van der Waals surface area contributed by atoms with Crippen molar-refractivity contribution in [3.63, 3.8) is 0 Å². The summed E-state index contributed by atoms with van der Waals surface area (Å²) in [5, 5.41) is 3.47. The van der Waals surface area contributed by atoms with E-state index in [1.807, 2.05) is 18.2 Å². The van der Waals surface area contributed by atoms with Gasteiger partial charge in [-0.25, -0.2) is 0 Å². The number of benzene rings is 2. The number of ether oxygens (including phenoxy) is 1. The minimum atomic E-state index is 0.0753. The molecule has 1 spiro atoms. The maximum Gasteiger partial charge on any atom is 0.159 e. The van der Waals surface area contributed by atoms with Crippen LogP contribution in [-0.4, -0.2) is 26.0 Å². The molecule has 25 heavy (non-hydrogen) atoms. The van der Waals surface area contributed by atoms with Gasteiger partial charge in [-0.2, -0.15) is 0 Å². The first-order chi connectivity index (χ1) is 12.1. The fraction of sp³-hybridized carbons (Fsp3) is 0.409. The van der Waals surface area contributed by atoms with E-state index < -0.39 is 0 Å². The molecule has 0 bridgehead atoms. The second kappa shape index (κ2) is 6.30. The van der Waals surface area contributed by atoms with Gasteiger partial charge < -0.3 is 10.1 Å². The van der Waals surface area contributed by atoms with Gasteiger partial charge in [0, 0.05) is 11.1 Å². The highest BCUT2D eigenvalue weighted by molar-refractivity contribution is 5.96. The molecule has 2 aliphatic rings. The molecule has 1 N–H and O–H groups in total. The van der Waals surface area contributed by atoms with Crippen molar-refractivity contribution in [1.29, 1.82) is 0 Å². The fourth-order valence-corrected chi connectivity index (χ4v) is 4.34. The van der Waals surface area contributed by atoms with Crippen molar-refractivity contribution < 1.29 is 9.53 Å². The number of hydrogen-bond acceptors (Lipinski definition) is 3. The quantitative estimate of drug-likeness (QED) is 0.841. The number of methoxy groups -OCH3 is 1. The lowest BCUT2D eigenvalue weighted by Crippen LogP contribution is -2.29. The van der Waals surface area contributed by atoms with Crippen LogP contribution in [0.25, 0.3) is 11.1 Å². The maximum absolute atomic E-state index is 11.7. The number of nitrogens with one attached hydrogen (secondary N) is 1. The zero-order valence-electron chi connectivity index (χ0n) is 15.0. The monoisotopic (exact) mass is 335 g/mol. The number of hydrogen-bond donors (Lipinski definition) is 1. The molecule has 0 amide bonds. The van der Waals surface area contributed by atoms with Crippen LogP contribution < -0.4 is 10.1 Å². The van der Waals surface area contributed by atoms with Crippen LogP contribution >= 0.6 is 0 Å². The minimum absolute atomic E-state index is 0.0753. The molecule has 2 aromatic rings. The molecule has 3 heteroatoms. The standard InChI is InChI=1S/C22H25NO2/c1-15(24)18-7-8-21(25-2)19(13-18)16-3-5-17(6-4-16)20-14-22(20)9-11-23-12-10-22/h3-8,13,20,23H,9-12,14H2,1-2H3/t20-/m1/s1. The molecule has 1 aliphatic heterocycles. The van der Waals surface area contributed by atoms with Gasteiger partial charge in [0.2, 0.25) is 0 Å². The Morgan fingerprint density at radius 1 is 1.12 bits per heavy atom. The molecule has 2 aromatic carbocycles. The van der Waals surface area contributed by atoms with Crippen LogP contribution in [0.4, 0.5) is 0 Å². The zero-order chi connectivity index (χ0) is 17.4. The first-order valence-electron chi connectivity index (χ1n) is 9.13. The number of piperidine rings is 1. The summed E-state index contributed by atoms with van der Waals surface area (Å²) in [5.41, 5.74) is 4.81. The summed E-state index contributed by atoms with van der Waals surface area (Å²) in [4.78, 5) is 11.7. The molecule has 0 radical (unpaired) electrons. The Kier molecular flexibility index (Phi) is 4.12. The van der Waals surface area contributed by atoms with Crippen LogP contribution in [0.5, 0.6) is 5.75 Å². The summed E-state index contributed by atoms with van der Waals surface area (Å²) in [5.74, 6) is 1.60. The Hall–Kier alpha value is -2.13. The summed E-state index contributed by atoms with van der Waals surface area (Å²) < 4.78 is 5.50. The van der Waals surface area contributed by atoms with E-state index in [1.54, 1.807) is 14.0 Å². The lowest BCUT2D eigenvalue weighted by Gasteiger charge is -2.23. The van der Waals surface area contributed by atoms with Gasteiger partial charge in [0.15, 0.2) is 5.78 Å². The second-order valence-corrected chi connectivity index (χ2v) is 7.46. The number of carbonyl (C=O) groups is 1. The van der Waals surface area contributed by atoms with E-state index in [0.717, 1.165) is 35.5 Å². The van der Waals surface area contributed by atoms with Gasteiger partial charge in [0.1, 0.15) is 5.75 Å². The predicted molar refractivity (Wildman–Crippen MR) is 100 cm³/mol. The Labute approximate surface area is 149 Å². The molecule has 130 valence electrons. The van der Waals surface area contributed by atoms with E-state index in [2.05, 4.69) is 29.6 Å². The van der Waals surface area contributed by atoms with Gasteiger partial charge in [-0.15, -0.1) is 0 Å². The molecule has 0 unspecified atom stereocenters. The largest absolute Gasteiger partial charge is 0.496 e. The SMILES string of the molecule is COc1ccc(C(C)=O)cc1-c1ccc([C@H]2CC23CCNCC3)cc1. The maximum atomic E-state index is 11.7. The Morgan fingerprint density at radius 2 is 1.84 bits per heavy atom. The molecule has 1 atom stereocenters. The molecular formula is C22H25NO2. The first kappa shape index (κ1) is 16.3. The van der Waals surface area contributed by atoms with Crippen LogP contribution in [0, 0.1) is 5.41 Å². The van der Waals surface area contributed by atoms with Crippen molar-refractivity contribution in [3.8, 4) is 16.9 Å². The Balaban J connectivity index is 1.60. The van der Waals surface area contributed by atoms with E-state index in [9.17, 15) is 4.79 Å². The molecule has 1 saturated carbocycles. The van der Waals surface area contributed by atoms with Crippen LogP contribution in [0.3, 0.4) is 0 Å². The van der Waals surface area contributed by atoms with Crippen molar-refractivity contribution in [2.75, 3.05) is 20.2 Å². The highest BCUT2D eigenvalue weighted by Gasteiger charge is 2.54. The van der Waals surface area contributed by atoms with E-state index in [0.29, 0.717) is 11.3 Å². The van der Waals surface area contributed by atoms with E-state index in [-0.39, 0.29) is 5.78 Å². The van der Waals surface area contributed by atoms with Gasteiger partial charge in [-0.1, -0.05) is 24.3 Å². The van der Waals surface area contributed by atoms with Crippen LogP contribution in [0.15, 0.2) is 42.5 Å². The molecule has 2 fully saturated rings. The smallest absolute Gasteiger partial charge is 0.159 e. The molecule has 0 aromatic heterocycles. The van der Waals surface area contributed by atoms with Crippen molar-refractivity contribution in [3.05, 3.63) is 53.6 Å². The van der Waals surface area contributed by atoms with Crippen LogP contribution in [-0.2, 0) is 0 Å². The first-order valence-corrected chi connectivity index (χ1v) is 9.13. The third-order valence-corrected chi connectivity index (χ3v) is 6.02. The Bertz CT molecular complexity index is 788. The van der Waals surface area contributed by atoms with Crippen LogP contribution in [0.1, 0.15) is 48.0 Å². The normalized spacial score (nSPS) is 21.1. The van der Waals surface area contributed by atoms with E-state index in [4.69, 9.17) is 4.74 Å². The van der Waals surface area contributed by atoms with Gasteiger partial charge in [-0.05, 0) is 79.9 Å². The fourth-order valence-electron chi connectivity index (χ4n) is 4.34. The topological polar surface area (TPSA) is 38.3 Å². The number of ketones is 1. The number of Topliss-reactive ketones (excluding diaryl/α,β-unsaturated/α-hetero) is 1. The van der Waals surface area contributed by atoms with Gasteiger partial charge in [0.05, 0.1) is 7.11 Å². The van der Waals surface area contributed by atoms with Crippen molar-refractivity contribution in [2.24, 2.45) is 5.41 Å². The highest BCUT2D eigenvalue weighted by Crippen LogP contribution is 2.64. The van der Waals surface area contributed by atoms with Gasteiger partial charge in [0.25, 0.3) is 0 Å². The summed E-state index contributed by atoms with van der Waals surface area (Å²) >= 11 is 0. The minimum Gasteiger partial charge on any atom is -0.496 e. The van der Waals surface area contributed by atoms with Gasteiger partial charge in [-0.3, -0.25) is 4.79 Å². The molecule has 1 saturated heterocycles. The van der Waals surface area contributed by atoms with Crippen molar-refractivity contribution >= 4 is 5.78 Å². The lowest BCUT2D eigenvalue weighted by molar-refractivity contribution is 0.101. The molecule has 1 heterocycles. The molecule has 4 rings (SSSR count). The average molecular weight is 335 g/mol. The second-order valence-electron chi connectivity index (χ2n) is 7.46. The summed E-state index contributed by atoms with van der Waals surface area (Å²) in [6.45, 7) is 3.91. The van der Waals surface area contributed by atoms with E-state index >= 15 is 0 Å². The molecule has 1 aliphatic carbocycles. The molecular weight excluding hydrogens is 310 g/mol. The third-order valence-electron chi connectivity index (χ3n) is 6.02. The summed E-state index contributed by atoms with van der Waals surface area (Å²) in [6.07, 6.45) is 3.93. The summed E-state index contributed by atoms with van der Waals surface area (Å²) in [7, 11) is 1.67. The number of carbonyl (C=O) groups excluding carboxylic acids is 1. The van der Waals surface area contributed by atoms with E-state index in [1.165, 1.54) is 24.8 Å². The van der Waals surface area contributed by atoms with Crippen molar-refractivity contribution in [1.82, 2.24) is 5.32 Å². The van der Waals surface area contributed by atoms with Crippen molar-refractivity contribution in [2.45, 2.75) is 32.1 Å². The van der Waals surface area contributed by atoms with Gasteiger partial charge >= 0.3 is 0 Å². The summed E-state index contributed by atoms with van der Waals surface area (Å²) in [6, 6.07) is 14.5. The molecule has 3 nitrogen and oxygen atoms in total. The van der Waals surface area contributed by atoms with Crippen LogP contribution in [0.2, 0.25) is 0 Å².